The maximum atomic E-state index is 11.9. The molecular formula is C16H16N2O2S. The maximum Gasteiger partial charge on any atom is 0.262 e. The quantitative estimate of drug-likeness (QED) is 0.833. The topological polar surface area (TPSA) is 64.3 Å². The summed E-state index contributed by atoms with van der Waals surface area (Å²) in [4.78, 5) is 12.1. The molecule has 4 nitrogen and oxygen atoms in total. The summed E-state index contributed by atoms with van der Waals surface area (Å²) < 4.78 is 5.48. The van der Waals surface area contributed by atoms with E-state index < -0.39 is 0 Å². The molecule has 0 saturated carbocycles. The van der Waals surface area contributed by atoms with Gasteiger partial charge in [0.05, 0.1) is 5.56 Å². The van der Waals surface area contributed by atoms with Crippen LogP contribution in [0.25, 0.3) is 0 Å². The number of aryl methyl sites for hydroxylation is 1. The van der Waals surface area contributed by atoms with E-state index in [1.165, 1.54) is 0 Å². The highest BCUT2D eigenvalue weighted by molar-refractivity contribution is 7.80. The summed E-state index contributed by atoms with van der Waals surface area (Å²) >= 11 is 4.94. The van der Waals surface area contributed by atoms with Gasteiger partial charge in [-0.15, -0.1) is 0 Å². The van der Waals surface area contributed by atoms with Crippen LogP contribution >= 0.6 is 12.2 Å². The third kappa shape index (κ3) is 4.29. The van der Waals surface area contributed by atoms with Crippen LogP contribution in [0.3, 0.4) is 0 Å². The van der Waals surface area contributed by atoms with E-state index in [-0.39, 0.29) is 17.5 Å². The predicted molar refractivity (Wildman–Crippen MR) is 87.6 cm³/mol. The van der Waals surface area contributed by atoms with Gasteiger partial charge in [-0.3, -0.25) is 4.79 Å². The highest BCUT2D eigenvalue weighted by atomic mass is 32.1. The lowest BCUT2D eigenvalue weighted by Crippen LogP contribution is -2.21. The fourth-order valence-corrected chi connectivity index (χ4v) is 1.94. The molecular weight excluding hydrogens is 284 g/mol. The van der Waals surface area contributed by atoms with Gasteiger partial charge >= 0.3 is 0 Å². The van der Waals surface area contributed by atoms with Crippen LogP contribution < -0.4 is 15.8 Å². The maximum absolute atomic E-state index is 11.9. The first-order valence-electron chi connectivity index (χ1n) is 6.44. The molecule has 2 rings (SSSR count). The van der Waals surface area contributed by atoms with Crippen LogP contribution in [-0.4, -0.2) is 17.5 Å². The minimum atomic E-state index is -0.239. The molecule has 0 aliphatic rings. The third-order valence-electron chi connectivity index (χ3n) is 2.85. The molecule has 0 saturated heterocycles. The summed E-state index contributed by atoms with van der Waals surface area (Å²) in [5, 5.41) is 2.76. The molecule has 0 atom stereocenters. The van der Waals surface area contributed by atoms with E-state index in [1.54, 1.807) is 18.2 Å². The molecule has 0 spiro atoms. The molecule has 0 unspecified atom stereocenters. The van der Waals surface area contributed by atoms with Crippen LogP contribution in [-0.2, 0) is 4.79 Å². The zero-order valence-electron chi connectivity index (χ0n) is 11.6. The Morgan fingerprint density at radius 3 is 2.52 bits per heavy atom. The summed E-state index contributed by atoms with van der Waals surface area (Å²) in [7, 11) is 0. The van der Waals surface area contributed by atoms with Gasteiger partial charge < -0.3 is 15.8 Å². The van der Waals surface area contributed by atoms with E-state index in [9.17, 15) is 4.79 Å². The molecule has 0 aliphatic carbocycles. The Morgan fingerprint density at radius 1 is 1.19 bits per heavy atom. The van der Waals surface area contributed by atoms with Crippen molar-refractivity contribution in [2.45, 2.75) is 6.92 Å². The molecule has 0 bridgehead atoms. The molecule has 0 aromatic heterocycles. The molecule has 0 fully saturated rings. The number of rotatable bonds is 5. The first-order valence-corrected chi connectivity index (χ1v) is 6.85. The molecule has 1 amide bonds. The van der Waals surface area contributed by atoms with Crippen molar-refractivity contribution < 1.29 is 9.53 Å². The van der Waals surface area contributed by atoms with Crippen molar-refractivity contribution in [1.82, 2.24) is 0 Å². The van der Waals surface area contributed by atoms with Crippen molar-refractivity contribution in [3.8, 4) is 5.75 Å². The van der Waals surface area contributed by atoms with Gasteiger partial charge in [0, 0.05) is 5.69 Å². The predicted octanol–water partition coefficient (Wildman–Crippen LogP) is 2.65. The second kappa shape index (κ2) is 6.85. The number of hydrogen-bond donors (Lipinski definition) is 2. The van der Waals surface area contributed by atoms with Gasteiger partial charge in [-0.25, -0.2) is 0 Å². The van der Waals surface area contributed by atoms with Crippen LogP contribution in [0.1, 0.15) is 11.1 Å². The normalized spacial score (nSPS) is 9.95. The summed E-state index contributed by atoms with van der Waals surface area (Å²) in [6.07, 6.45) is 0. The Bertz CT molecular complexity index is 654. The average Bonchev–Trinajstić information content (AvgIpc) is 2.48. The summed E-state index contributed by atoms with van der Waals surface area (Å²) in [6, 6.07) is 14.6. The van der Waals surface area contributed by atoms with Crippen molar-refractivity contribution >= 4 is 28.8 Å². The van der Waals surface area contributed by atoms with Crippen molar-refractivity contribution in [2.75, 3.05) is 11.9 Å². The SMILES string of the molecule is Cc1ccc(NC(=O)COc2ccccc2C(N)=S)cc1. The zero-order chi connectivity index (χ0) is 15.2. The lowest BCUT2D eigenvalue weighted by Gasteiger charge is -2.10. The Morgan fingerprint density at radius 2 is 1.86 bits per heavy atom. The van der Waals surface area contributed by atoms with Gasteiger partial charge in [-0.05, 0) is 31.2 Å². The number of carbonyl (C=O) groups excluding carboxylic acids is 1. The number of hydrogen-bond acceptors (Lipinski definition) is 3. The molecule has 2 aromatic carbocycles. The molecule has 5 heteroatoms. The number of nitrogens with two attached hydrogens (primary N) is 1. The van der Waals surface area contributed by atoms with Crippen molar-refractivity contribution in [3.63, 3.8) is 0 Å². The number of para-hydroxylation sites is 1. The molecule has 2 aromatic rings. The van der Waals surface area contributed by atoms with Crippen molar-refractivity contribution in [1.29, 1.82) is 0 Å². The molecule has 0 aliphatic heterocycles. The lowest BCUT2D eigenvalue weighted by atomic mass is 10.2. The minimum absolute atomic E-state index is 0.104. The Labute approximate surface area is 128 Å². The van der Waals surface area contributed by atoms with E-state index in [4.69, 9.17) is 22.7 Å². The zero-order valence-corrected chi connectivity index (χ0v) is 12.4. The molecule has 21 heavy (non-hydrogen) atoms. The summed E-state index contributed by atoms with van der Waals surface area (Å²) in [5.74, 6) is 0.264. The van der Waals surface area contributed by atoms with Gasteiger partial charge in [-0.2, -0.15) is 0 Å². The van der Waals surface area contributed by atoms with E-state index >= 15 is 0 Å². The van der Waals surface area contributed by atoms with Crippen molar-refractivity contribution in [3.05, 3.63) is 59.7 Å². The average molecular weight is 300 g/mol. The van der Waals surface area contributed by atoms with Crippen LogP contribution in [0.2, 0.25) is 0 Å². The monoisotopic (exact) mass is 300 g/mol. The van der Waals surface area contributed by atoms with E-state index in [0.717, 1.165) is 11.3 Å². The molecule has 0 radical (unpaired) electrons. The smallest absolute Gasteiger partial charge is 0.262 e. The number of anilines is 1. The van der Waals surface area contributed by atoms with Crippen LogP contribution in [0, 0.1) is 6.92 Å². The van der Waals surface area contributed by atoms with Crippen LogP contribution in [0.15, 0.2) is 48.5 Å². The lowest BCUT2D eigenvalue weighted by molar-refractivity contribution is -0.118. The fraction of sp³-hybridized carbons (Fsp3) is 0.125. The van der Waals surface area contributed by atoms with Crippen LogP contribution in [0.4, 0.5) is 5.69 Å². The Hall–Kier alpha value is -2.40. The summed E-state index contributed by atoms with van der Waals surface area (Å²) in [5.41, 5.74) is 8.10. The van der Waals surface area contributed by atoms with Gasteiger partial charge in [0.25, 0.3) is 5.91 Å². The summed E-state index contributed by atoms with van der Waals surface area (Å²) in [6.45, 7) is 1.88. The van der Waals surface area contributed by atoms with Gasteiger partial charge in [0.2, 0.25) is 0 Å². The van der Waals surface area contributed by atoms with E-state index in [2.05, 4.69) is 5.32 Å². The van der Waals surface area contributed by atoms with E-state index in [0.29, 0.717) is 11.3 Å². The van der Waals surface area contributed by atoms with Gasteiger partial charge in [0.1, 0.15) is 10.7 Å². The highest BCUT2D eigenvalue weighted by Crippen LogP contribution is 2.17. The number of ether oxygens (including phenoxy) is 1. The third-order valence-corrected chi connectivity index (χ3v) is 3.07. The second-order valence-electron chi connectivity index (χ2n) is 4.56. The minimum Gasteiger partial charge on any atom is -0.483 e. The van der Waals surface area contributed by atoms with Gasteiger partial charge in [-0.1, -0.05) is 42.0 Å². The number of benzene rings is 2. The van der Waals surface area contributed by atoms with Crippen molar-refractivity contribution in [2.24, 2.45) is 5.73 Å². The Kier molecular flexibility index (Phi) is 4.90. The fourth-order valence-electron chi connectivity index (χ4n) is 1.77. The van der Waals surface area contributed by atoms with E-state index in [1.807, 2.05) is 37.3 Å². The number of carbonyl (C=O) groups is 1. The molecule has 0 heterocycles. The largest absolute Gasteiger partial charge is 0.483 e. The first kappa shape index (κ1) is 15.0. The number of thiocarbonyl (C=S) groups is 1. The molecule has 3 N–H and O–H groups in total. The first-order chi connectivity index (χ1) is 10.1. The van der Waals surface area contributed by atoms with Crippen LogP contribution in [0.5, 0.6) is 5.75 Å². The number of nitrogens with one attached hydrogen (secondary N) is 1. The second-order valence-corrected chi connectivity index (χ2v) is 5.00. The number of amides is 1. The standard InChI is InChI=1S/C16H16N2O2S/c1-11-6-8-12(9-7-11)18-15(19)10-20-14-5-3-2-4-13(14)16(17)21/h2-9H,10H2,1H3,(H2,17,21)(H,18,19). The highest BCUT2D eigenvalue weighted by Gasteiger charge is 2.08. The Balaban J connectivity index is 1.95. The van der Waals surface area contributed by atoms with Gasteiger partial charge in [0.15, 0.2) is 6.61 Å². The molecule has 108 valence electrons.